The Labute approximate surface area is 115 Å². The van der Waals surface area contributed by atoms with Crippen molar-refractivity contribution in [3.05, 3.63) is 35.1 Å². The number of ether oxygens (including phenoxy) is 1. The fraction of sp³-hybridized carbons (Fsp3) is 0.625. The first-order valence-electron chi connectivity index (χ1n) is 7.17. The Kier molecular flexibility index (Phi) is 4.94. The molecule has 3 heteroatoms. The summed E-state index contributed by atoms with van der Waals surface area (Å²) < 4.78 is 19.7. The van der Waals surface area contributed by atoms with Gasteiger partial charge in [-0.2, -0.15) is 0 Å². The van der Waals surface area contributed by atoms with Gasteiger partial charge in [0.25, 0.3) is 0 Å². The molecule has 1 aromatic carbocycles. The zero-order chi connectivity index (χ0) is 13.8. The van der Waals surface area contributed by atoms with Crippen LogP contribution in [0.1, 0.15) is 44.2 Å². The standard InChI is InChI=1S/C16H24FNO/c1-11-5-12(2)7-15(6-11)19-10-14-4-3-13(9-18)8-16(14)17/h3-4,8,11-12,15H,5-7,9-10,18H2,1-2H3. The minimum Gasteiger partial charge on any atom is -0.373 e. The van der Waals surface area contributed by atoms with Crippen LogP contribution < -0.4 is 5.73 Å². The van der Waals surface area contributed by atoms with E-state index in [2.05, 4.69) is 13.8 Å². The van der Waals surface area contributed by atoms with E-state index in [1.807, 2.05) is 6.07 Å². The highest BCUT2D eigenvalue weighted by Gasteiger charge is 2.24. The van der Waals surface area contributed by atoms with Gasteiger partial charge in [-0.3, -0.25) is 0 Å². The highest BCUT2D eigenvalue weighted by Crippen LogP contribution is 2.30. The van der Waals surface area contributed by atoms with Crippen LogP contribution in [0.2, 0.25) is 0 Å². The van der Waals surface area contributed by atoms with Crippen molar-refractivity contribution < 1.29 is 9.13 Å². The minimum atomic E-state index is -0.208. The molecular weight excluding hydrogens is 241 g/mol. The summed E-state index contributed by atoms with van der Waals surface area (Å²) in [6.07, 6.45) is 3.73. The first-order chi connectivity index (χ1) is 9.08. The molecule has 1 aromatic rings. The van der Waals surface area contributed by atoms with E-state index in [9.17, 15) is 4.39 Å². The Morgan fingerprint density at radius 3 is 2.47 bits per heavy atom. The van der Waals surface area contributed by atoms with Gasteiger partial charge in [-0.25, -0.2) is 4.39 Å². The number of benzene rings is 1. The maximum absolute atomic E-state index is 13.8. The second-order valence-electron chi connectivity index (χ2n) is 5.98. The molecule has 19 heavy (non-hydrogen) atoms. The van der Waals surface area contributed by atoms with E-state index in [1.165, 1.54) is 12.5 Å². The predicted octanol–water partition coefficient (Wildman–Crippen LogP) is 3.63. The third-order valence-electron chi connectivity index (χ3n) is 3.96. The molecule has 0 amide bonds. The van der Waals surface area contributed by atoms with E-state index in [4.69, 9.17) is 10.5 Å². The summed E-state index contributed by atoms with van der Waals surface area (Å²) in [6, 6.07) is 5.16. The molecule has 0 bridgehead atoms. The van der Waals surface area contributed by atoms with Crippen LogP contribution in [-0.4, -0.2) is 6.10 Å². The van der Waals surface area contributed by atoms with Gasteiger partial charge < -0.3 is 10.5 Å². The summed E-state index contributed by atoms with van der Waals surface area (Å²) in [5.41, 5.74) is 6.94. The van der Waals surface area contributed by atoms with Gasteiger partial charge in [0.15, 0.2) is 0 Å². The topological polar surface area (TPSA) is 35.2 Å². The van der Waals surface area contributed by atoms with Gasteiger partial charge in [0.2, 0.25) is 0 Å². The summed E-state index contributed by atoms with van der Waals surface area (Å²) in [5.74, 6) is 1.20. The molecule has 106 valence electrons. The van der Waals surface area contributed by atoms with Crippen molar-refractivity contribution >= 4 is 0 Å². The fourth-order valence-electron chi connectivity index (χ4n) is 3.05. The molecule has 0 radical (unpaired) electrons. The summed E-state index contributed by atoms with van der Waals surface area (Å²) in [4.78, 5) is 0. The summed E-state index contributed by atoms with van der Waals surface area (Å²) in [7, 11) is 0. The van der Waals surface area contributed by atoms with E-state index in [0.717, 1.165) is 18.4 Å². The Morgan fingerprint density at radius 2 is 1.89 bits per heavy atom. The van der Waals surface area contributed by atoms with E-state index in [0.29, 0.717) is 30.6 Å². The molecule has 0 saturated heterocycles. The van der Waals surface area contributed by atoms with Crippen molar-refractivity contribution in [1.82, 2.24) is 0 Å². The van der Waals surface area contributed by atoms with Crippen molar-refractivity contribution in [2.24, 2.45) is 17.6 Å². The highest BCUT2D eigenvalue weighted by atomic mass is 19.1. The lowest BCUT2D eigenvalue weighted by molar-refractivity contribution is -0.0102. The molecule has 0 aromatic heterocycles. The SMILES string of the molecule is CC1CC(C)CC(OCc2ccc(CN)cc2F)C1. The Balaban J connectivity index is 1.91. The van der Waals surface area contributed by atoms with Crippen LogP contribution in [0.25, 0.3) is 0 Å². The molecule has 2 rings (SSSR count). The van der Waals surface area contributed by atoms with Crippen molar-refractivity contribution in [1.29, 1.82) is 0 Å². The predicted molar refractivity (Wildman–Crippen MR) is 75.0 cm³/mol. The van der Waals surface area contributed by atoms with Gasteiger partial charge in [0.1, 0.15) is 5.82 Å². The molecule has 2 nitrogen and oxygen atoms in total. The average Bonchev–Trinajstić information content (AvgIpc) is 2.36. The number of rotatable bonds is 4. The second kappa shape index (κ2) is 6.49. The first-order valence-corrected chi connectivity index (χ1v) is 7.17. The van der Waals surface area contributed by atoms with Gasteiger partial charge in [-0.1, -0.05) is 26.0 Å². The number of halogens is 1. The number of nitrogens with two attached hydrogens (primary N) is 1. The third kappa shape index (κ3) is 4.02. The summed E-state index contributed by atoms with van der Waals surface area (Å²) >= 11 is 0. The molecule has 0 spiro atoms. The zero-order valence-electron chi connectivity index (χ0n) is 11.9. The molecule has 1 aliphatic carbocycles. The van der Waals surface area contributed by atoms with Crippen LogP contribution in [-0.2, 0) is 17.9 Å². The first kappa shape index (κ1) is 14.5. The molecule has 1 fully saturated rings. The highest BCUT2D eigenvalue weighted by molar-refractivity contribution is 5.23. The maximum Gasteiger partial charge on any atom is 0.129 e. The van der Waals surface area contributed by atoms with Crippen molar-refractivity contribution in [3.63, 3.8) is 0 Å². The average molecular weight is 265 g/mol. The second-order valence-corrected chi connectivity index (χ2v) is 5.98. The van der Waals surface area contributed by atoms with Crippen LogP contribution in [0.5, 0.6) is 0 Å². The van der Waals surface area contributed by atoms with E-state index in [1.54, 1.807) is 6.07 Å². The molecule has 2 N–H and O–H groups in total. The normalized spacial score (nSPS) is 27.5. The van der Waals surface area contributed by atoms with Gasteiger partial charge in [0, 0.05) is 12.1 Å². The number of hydrogen-bond donors (Lipinski definition) is 1. The molecular formula is C16H24FNO. The van der Waals surface area contributed by atoms with Crippen LogP contribution in [0.3, 0.4) is 0 Å². The Hall–Kier alpha value is -0.930. The number of hydrogen-bond acceptors (Lipinski definition) is 2. The van der Waals surface area contributed by atoms with Gasteiger partial charge >= 0.3 is 0 Å². The zero-order valence-corrected chi connectivity index (χ0v) is 11.9. The largest absolute Gasteiger partial charge is 0.373 e. The molecule has 0 heterocycles. The van der Waals surface area contributed by atoms with Crippen LogP contribution in [0.4, 0.5) is 4.39 Å². The lowest BCUT2D eigenvalue weighted by Gasteiger charge is -2.31. The lowest BCUT2D eigenvalue weighted by Crippen LogP contribution is -2.26. The van der Waals surface area contributed by atoms with E-state index >= 15 is 0 Å². The summed E-state index contributed by atoms with van der Waals surface area (Å²) in [6.45, 7) is 5.27. The van der Waals surface area contributed by atoms with Crippen molar-refractivity contribution in [2.75, 3.05) is 0 Å². The maximum atomic E-state index is 13.8. The van der Waals surface area contributed by atoms with Gasteiger partial charge in [-0.15, -0.1) is 0 Å². The van der Waals surface area contributed by atoms with Crippen molar-refractivity contribution in [3.8, 4) is 0 Å². The minimum absolute atomic E-state index is 0.208. The van der Waals surface area contributed by atoms with Crippen LogP contribution in [0.15, 0.2) is 18.2 Å². The lowest BCUT2D eigenvalue weighted by atomic mass is 9.82. The van der Waals surface area contributed by atoms with Crippen LogP contribution >= 0.6 is 0 Å². The van der Waals surface area contributed by atoms with Crippen LogP contribution in [0, 0.1) is 17.7 Å². The van der Waals surface area contributed by atoms with Gasteiger partial charge in [-0.05, 0) is 42.7 Å². The van der Waals surface area contributed by atoms with Crippen molar-refractivity contribution in [2.45, 2.75) is 52.4 Å². The Morgan fingerprint density at radius 1 is 1.21 bits per heavy atom. The molecule has 0 aliphatic heterocycles. The smallest absolute Gasteiger partial charge is 0.129 e. The Bertz CT molecular complexity index is 411. The summed E-state index contributed by atoms with van der Waals surface area (Å²) in [5, 5.41) is 0. The van der Waals surface area contributed by atoms with E-state index < -0.39 is 0 Å². The third-order valence-corrected chi connectivity index (χ3v) is 3.96. The monoisotopic (exact) mass is 265 g/mol. The fourth-order valence-corrected chi connectivity index (χ4v) is 3.05. The quantitative estimate of drug-likeness (QED) is 0.902. The van der Waals surface area contributed by atoms with E-state index in [-0.39, 0.29) is 11.9 Å². The van der Waals surface area contributed by atoms with Gasteiger partial charge in [0.05, 0.1) is 12.7 Å². The molecule has 2 atom stereocenters. The molecule has 1 aliphatic rings. The molecule has 2 unspecified atom stereocenters. The molecule has 1 saturated carbocycles.